The van der Waals surface area contributed by atoms with Crippen LogP contribution in [0.15, 0.2) is 24.4 Å². The molecule has 10 heteroatoms. The molecule has 2 aliphatic heterocycles. The van der Waals surface area contributed by atoms with E-state index in [0.717, 1.165) is 56.1 Å². The summed E-state index contributed by atoms with van der Waals surface area (Å²) in [6.07, 6.45) is 11.0. The molecule has 184 valence electrons. The van der Waals surface area contributed by atoms with E-state index in [1.54, 1.807) is 0 Å². The van der Waals surface area contributed by atoms with Crippen LogP contribution in [0.4, 0.5) is 17.6 Å². The maximum absolute atomic E-state index is 13.4. The van der Waals surface area contributed by atoms with Crippen LogP contribution in [0.2, 0.25) is 0 Å². The lowest BCUT2D eigenvalue weighted by Crippen LogP contribution is -2.53. The van der Waals surface area contributed by atoms with Crippen molar-refractivity contribution in [1.82, 2.24) is 35.0 Å². The number of fused-ring (bicyclic) bond motifs is 1. The van der Waals surface area contributed by atoms with Gasteiger partial charge in [-0.2, -0.15) is 10.1 Å². The second kappa shape index (κ2) is 8.51. The minimum absolute atomic E-state index is 0.109. The maximum atomic E-state index is 13.4. The summed E-state index contributed by atoms with van der Waals surface area (Å²) in [5.41, 5.74) is 2.06. The van der Waals surface area contributed by atoms with Crippen molar-refractivity contribution in [1.29, 1.82) is 0 Å². The molecule has 1 amide bonds. The fourth-order valence-electron chi connectivity index (χ4n) is 5.73. The second-order valence-corrected chi connectivity index (χ2v) is 10.6. The quantitative estimate of drug-likeness (QED) is 0.482. The van der Waals surface area contributed by atoms with Gasteiger partial charge in [0.1, 0.15) is 11.6 Å². The van der Waals surface area contributed by atoms with Crippen molar-refractivity contribution >= 4 is 29.0 Å². The highest BCUT2D eigenvalue weighted by Crippen LogP contribution is 2.40. The summed E-state index contributed by atoms with van der Waals surface area (Å²) in [6, 6.07) is 6.77. The van der Waals surface area contributed by atoms with Crippen LogP contribution in [-0.2, 0) is 4.79 Å². The summed E-state index contributed by atoms with van der Waals surface area (Å²) in [5, 5.41) is 19.1. The average Bonchev–Trinajstić information content (AvgIpc) is 3.74. The lowest BCUT2D eigenvalue weighted by molar-refractivity contribution is -0.123. The number of hydrogen-bond donors (Lipinski definition) is 3. The largest absolute Gasteiger partial charge is 0.350 e. The van der Waals surface area contributed by atoms with E-state index in [1.807, 2.05) is 22.8 Å². The number of aromatic nitrogens is 5. The third kappa shape index (κ3) is 4.24. The highest BCUT2D eigenvalue weighted by atomic mass is 16.2. The van der Waals surface area contributed by atoms with Gasteiger partial charge in [0.25, 0.3) is 0 Å². The monoisotopic (exact) mass is 475 g/mol. The molecule has 2 saturated heterocycles. The van der Waals surface area contributed by atoms with Gasteiger partial charge in [0.2, 0.25) is 11.9 Å². The van der Waals surface area contributed by atoms with Crippen LogP contribution >= 0.6 is 0 Å². The highest BCUT2D eigenvalue weighted by Gasteiger charge is 2.37. The van der Waals surface area contributed by atoms with Gasteiger partial charge in [-0.1, -0.05) is 0 Å². The van der Waals surface area contributed by atoms with Gasteiger partial charge in [-0.15, -0.1) is 5.10 Å². The summed E-state index contributed by atoms with van der Waals surface area (Å²) >= 11 is 0. The van der Waals surface area contributed by atoms with E-state index in [0.29, 0.717) is 17.7 Å². The van der Waals surface area contributed by atoms with Gasteiger partial charge in [0.15, 0.2) is 11.6 Å². The Labute approximate surface area is 204 Å². The zero-order valence-electron chi connectivity index (χ0n) is 20.0. The molecule has 0 spiro atoms. The number of nitrogens with one attached hydrogen (secondary N) is 3. The molecule has 3 aromatic heterocycles. The van der Waals surface area contributed by atoms with Crippen LogP contribution in [0.25, 0.3) is 5.52 Å². The molecule has 1 unspecified atom stereocenters. The number of piperidine rings is 1. The summed E-state index contributed by atoms with van der Waals surface area (Å²) in [7, 11) is 0. The molecule has 3 N–H and O–H groups in total. The molecule has 5 heterocycles. The number of carbonyl (C=O) groups excluding carboxylic acids is 1. The standard InChI is InChI=1S/C25H33N9O/c35-24(26-17-4-1-11-32(15-17)18-9-10-18)21-6-2-12-33(21)25-28-23(20-5-3-13-34(20)31-25)27-22-14-19(29-30-22)16-7-8-16/h3,5,13-14,16-18,21H,1-2,4,6-12,15H2,(H,26,35)(H2,27,28,29,30,31)/t17?,21-/m0/s1. The van der Waals surface area contributed by atoms with E-state index < -0.39 is 0 Å². The average molecular weight is 476 g/mol. The third-order valence-corrected chi connectivity index (χ3v) is 7.92. The summed E-state index contributed by atoms with van der Waals surface area (Å²) < 4.78 is 1.83. The minimum Gasteiger partial charge on any atom is -0.350 e. The van der Waals surface area contributed by atoms with Crippen LogP contribution in [0.5, 0.6) is 0 Å². The zero-order valence-corrected chi connectivity index (χ0v) is 20.0. The predicted molar refractivity (Wildman–Crippen MR) is 133 cm³/mol. The van der Waals surface area contributed by atoms with Crippen LogP contribution in [0.1, 0.15) is 63.0 Å². The zero-order chi connectivity index (χ0) is 23.4. The van der Waals surface area contributed by atoms with E-state index in [-0.39, 0.29) is 18.0 Å². The van der Waals surface area contributed by atoms with Gasteiger partial charge >= 0.3 is 0 Å². The SMILES string of the molecule is O=C(NC1CCCN(C2CC2)C1)[C@@H]1CCCN1c1nc(Nc2cc(C3CC3)[nH]n2)c2cccn2n1. The van der Waals surface area contributed by atoms with Crippen molar-refractivity contribution in [2.24, 2.45) is 0 Å². The summed E-state index contributed by atoms with van der Waals surface area (Å²) in [4.78, 5) is 22.9. The third-order valence-electron chi connectivity index (χ3n) is 7.92. The molecular weight excluding hydrogens is 442 g/mol. The van der Waals surface area contributed by atoms with Crippen LogP contribution in [-0.4, -0.2) is 73.4 Å². The molecule has 2 saturated carbocycles. The van der Waals surface area contributed by atoms with Crippen molar-refractivity contribution in [3.8, 4) is 0 Å². The first-order valence-corrected chi connectivity index (χ1v) is 13.2. The number of H-pyrrole nitrogens is 1. The Morgan fingerprint density at radius 2 is 1.97 bits per heavy atom. The number of likely N-dealkylation sites (tertiary alicyclic amines) is 1. The smallest absolute Gasteiger partial charge is 0.246 e. The number of nitrogens with zero attached hydrogens (tertiary/aromatic N) is 6. The molecular formula is C25H33N9O. The van der Waals surface area contributed by atoms with E-state index in [4.69, 9.17) is 10.1 Å². The predicted octanol–water partition coefficient (Wildman–Crippen LogP) is 2.79. The number of carbonyl (C=O) groups is 1. The van der Waals surface area contributed by atoms with Crippen LogP contribution < -0.4 is 15.5 Å². The molecule has 35 heavy (non-hydrogen) atoms. The number of rotatable bonds is 7. The molecule has 2 atom stereocenters. The first kappa shape index (κ1) is 21.2. The van der Waals surface area contributed by atoms with Crippen molar-refractivity contribution in [2.45, 2.75) is 75.4 Å². The van der Waals surface area contributed by atoms with Gasteiger partial charge in [0, 0.05) is 49.0 Å². The summed E-state index contributed by atoms with van der Waals surface area (Å²) in [5.74, 6) is 2.75. The van der Waals surface area contributed by atoms with E-state index in [1.165, 1.54) is 37.9 Å². The lowest BCUT2D eigenvalue weighted by Gasteiger charge is -2.34. The van der Waals surface area contributed by atoms with E-state index >= 15 is 0 Å². The Balaban J connectivity index is 1.10. The topological polar surface area (TPSA) is 106 Å². The number of amides is 1. The Morgan fingerprint density at radius 1 is 1.09 bits per heavy atom. The molecule has 0 aromatic carbocycles. The summed E-state index contributed by atoms with van der Waals surface area (Å²) in [6.45, 7) is 2.93. The molecule has 2 aliphatic carbocycles. The highest BCUT2D eigenvalue weighted by molar-refractivity contribution is 5.86. The van der Waals surface area contributed by atoms with Gasteiger partial charge in [-0.3, -0.25) is 14.8 Å². The lowest BCUT2D eigenvalue weighted by atomic mass is 10.0. The fourth-order valence-corrected chi connectivity index (χ4v) is 5.73. The Bertz CT molecular complexity index is 1230. The van der Waals surface area contributed by atoms with Crippen molar-refractivity contribution in [3.63, 3.8) is 0 Å². The first-order chi connectivity index (χ1) is 17.2. The minimum atomic E-state index is -0.237. The normalized spacial score (nSPS) is 25.3. The molecule has 3 aromatic rings. The molecule has 10 nitrogen and oxygen atoms in total. The van der Waals surface area contributed by atoms with Crippen LogP contribution in [0.3, 0.4) is 0 Å². The molecule has 0 radical (unpaired) electrons. The maximum Gasteiger partial charge on any atom is 0.246 e. The Kier molecular flexibility index (Phi) is 5.15. The van der Waals surface area contributed by atoms with Crippen molar-refractivity contribution in [2.75, 3.05) is 29.9 Å². The van der Waals surface area contributed by atoms with Gasteiger partial charge in [-0.05, 0) is 70.0 Å². The van der Waals surface area contributed by atoms with Crippen molar-refractivity contribution < 1.29 is 4.79 Å². The molecule has 4 aliphatic rings. The van der Waals surface area contributed by atoms with Crippen LogP contribution in [0, 0.1) is 0 Å². The Hall–Kier alpha value is -3.14. The molecule has 7 rings (SSSR count). The molecule has 4 fully saturated rings. The Morgan fingerprint density at radius 3 is 2.83 bits per heavy atom. The second-order valence-electron chi connectivity index (χ2n) is 10.6. The fraction of sp³-hybridized carbons (Fsp3) is 0.600. The number of aromatic amines is 1. The van der Waals surface area contributed by atoms with Gasteiger partial charge in [0.05, 0.1) is 0 Å². The van der Waals surface area contributed by atoms with E-state index in [2.05, 4.69) is 36.7 Å². The van der Waals surface area contributed by atoms with Gasteiger partial charge in [-0.25, -0.2) is 4.52 Å². The van der Waals surface area contributed by atoms with Crippen molar-refractivity contribution in [3.05, 3.63) is 30.1 Å². The first-order valence-electron chi connectivity index (χ1n) is 13.2. The molecule has 0 bridgehead atoms. The number of hydrogen-bond acceptors (Lipinski definition) is 7. The van der Waals surface area contributed by atoms with Gasteiger partial charge < -0.3 is 15.5 Å². The van der Waals surface area contributed by atoms with E-state index in [9.17, 15) is 4.79 Å². The number of anilines is 3.